The summed E-state index contributed by atoms with van der Waals surface area (Å²) in [6.45, 7) is 0. The number of para-hydroxylation sites is 1. The zero-order valence-corrected chi connectivity index (χ0v) is 10.4. The molecule has 0 aliphatic heterocycles. The molecule has 0 aliphatic carbocycles. The summed E-state index contributed by atoms with van der Waals surface area (Å²) in [4.78, 5) is 1.51. The van der Waals surface area contributed by atoms with Crippen LogP contribution in [0.15, 0.2) is 53.6 Å². The molecule has 0 fully saturated rings. The lowest BCUT2D eigenvalue weighted by Crippen LogP contribution is -1.93. The van der Waals surface area contributed by atoms with Gasteiger partial charge in [0.05, 0.1) is 13.3 Å². The van der Waals surface area contributed by atoms with Crippen LogP contribution in [0.5, 0.6) is 5.75 Å². The maximum absolute atomic E-state index is 5.11. The number of aromatic nitrogens is 3. The third-order valence-corrected chi connectivity index (χ3v) is 2.77. The van der Waals surface area contributed by atoms with Crippen LogP contribution < -0.4 is 4.74 Å². The first-order valence-electron chi connectivity index (χ1n) is 5.86. The van der Waals surface area contributed by atoms with Gasteiger partial charge in [-0.15, -0.1) is 9.89 Å². The fourth-order valence-corrected chi connectivity index (χ4v) is 1.75. The molecule has 5 nitrogen and oxygen atoms in total. The van der Waals surface area contributed by atoms with Crippen molar-refractivity contribution in [1.82, 2.24) is 15.1 Å². The van der Waals surface area contributed by atoms with Crippen molar-refractivity contribution < 1.29 is 4.74 Å². The van der Waals surface area contributed by atoms with E-state index in [4.69, 9.17) is 4.74 Å². The summed E-state index contributed by atoms with van der Waals surface area (Å²) >= 11 is 0. The molecule has 3 rings (SSSR count). The van der Waals surface area contributed by atoms with E-state index in [1.807, 2.05) is 48.5 Å². The monoisotopic (exact) mass is 252 g/mol. The van der Waals surface area contributed by atoms with Gasteiger partial charge >= 0.3 is 0 Å². The largest absolute Gasteiger partial charge is 0.497 e. The first-order chi connectivity index (χ1) is 9.36. The highest BCUT2D eigenvalue weighted by Crippen LogP contribution is 2.11. The van der Waals surface area contributed by atoms with E-state index in [9.17, 15) is 0 Å². The van der Waals surface area contributed by atoms with Crippen molar-refractivity contribution in [2.75, 3.05) is 7.11 Å². The molecule has 1 heterocycles. The minimum Gasteiger partial charge on any atom is -0.497 e. The molecule has 94 valence electrons. The average Bonchev–Trinajstić information content (AvgIpc) is 2.89. The van der Waals surface area contributed by atoms with Gasteiger partial charge < -0.3 is 4.74 Å². The molecule has 0 atom stereocenters. The zero-order chi connectivity index (χ0) is 13.1. The van der Waals surface area contributed by atoms with E-state index >= 15 is 0 Å². The Labute approximate surface area is 110 Å². The minimum absolute atomic E-state index is 0.823. The van der Waals surface area contributed by atoms with E-state index in [2.05, 4.69) is 15.4 Å². The number of nitrogens with zero attached hydrogens (tertiary/aromatic N) is 4. The second kappa shape index (κ2) is 4.89. The number of ether oxygens (including phenoxy) is 1. The third-order valence-electron chi connectivity index (χ3n) is 2.77. The standard InChI is InChI=1S/C14H12N4O/c1-19-12-8-6-11(7-9-12)10-15-18-14-5-3-2-4-13(14)16-17-18/h2-10H,1H3/b15-10+. The Kier molecular flexibility index (Phi) is 2.94. The molecule has 0 N–H and O–H groups in total. The highest BCUT2D eigenvalue weighted by Gasteiger charge is 2.00. The van der Waals surface area contributed by atoms with Crippen LogP contribution in [-0.2, 0) is 0 Å². The maximum atomic E-state index is 5.11. The molecule has 3 aromatic rings. The van der Waals surface area contributed by atoms with Crippen molar-refractivity contribution in [3.63, 3.8) is 0 Å². The van der Waals surface area contributed by atoms with Crippen molar-refractivity contribution >= 4 is 17.2 Å². The van der Waals surface area contributed by atoms with Crippen LogP contribution in [0.25, 0.3) is 11.0 Å². The first kappa shape index (κ1) is 11.4. The molecule has 2 aromatic carbocycles. The van der Waals surface area contributed by atoms with E-state index in [-0.39, 0.29) is 0 Å². The minimum atomic E-state index is 0.823. The number of hydrogen-bond donors (Lipinski definition) is 0. The summed E-state index contributed by atoms with van der Waals surface area (Å²) < 4.78 is 5.11. The number of fused-ring (bicyclic) bond motifs is 1. The Balaban J connectivity index is 1.89. The molecule has 0 spiro atoms. The predicted octanol–water partition coefficient (Wildman–Crippen LogP) is 2.32. The number of hydrogen-bond acceptors (Lipinski definition) is 4. The quantitative estimate of drug-likeness (QED) is 0.672. The molecule has 0 unspecified atom stereocenters. The van der Waals surface area contributed by atoms with Gasteiger partial charge in [0, 0.05) is 0 Å². The van der Waals surface area contributed by atoms with Crippen LogP contribution in [0.2, 0.25) is 0 Å². The summed E-state index contributed by atoms with van der Waals surface area (Å²) in [6, 6.07) is 15.3. The number of benzene rings is 2. The van der Waals surface area contributed by atoms with Gasteiger partial charge in [-0.05, 0) is 47.2 Å². The highest BCUT2D eigenvalue weighted by atomic mass is 16.5. The summed E-state index contributed by atoms with van der Waals surface area (Å²) in [5.74, 6) is 0.823. The van der Waals surface area contributed by atoms with Gasteiger partial charge in [0.2, 0.25) is 0 Å². The van der Waals surface area contributed by atoms with Gasteiger partial charge in [0.15, 0.2) is 0 Å². The van der Waals surface area contributed by atoms with Gasteiger partial charge in [0.1, 0.15) is 16.8 Å². The fourth-order valence-electron chi connectivity index (χ4n) is 1.75. The predicted molar refractivity (Wildman–Crippen MR) is 73.5 cm³/mol. The van der Waals surface area contributed by atoms with Crippen LogP contribution in [0.4, 0.5) is 0 Å². The van der Waals surface area contributed by atoms with Gasteiger partial charge in [-0.2, -0.15) is 5.10 Å². The van der Waals surface area contributed by atoms with Crippen molar-refractivity contribution in [3.05, 3.63) is 54.1 Å². The van der Waals surface area contributed by atoms with Gasteiger partial charge in [-0.25, -0.2) is 0 Å². The molecule has 0 aliphatic rings. The first-order valence-corrected chi connectivity index (χ1v) is 5.86. The Bertz CT molecular complexity index is 716. The molecule has 0 saturated heterocycles. The van der Waals surface area contributed by atoms with Crippen LogP contribution in [0, 0.1) is 0 Å². The molecule has 5 heteroatoms. The third kappa shape index (κ3) is 2.30. The van der Waals surface area contributed by atoms with Gasteiger partial charge in [0.25, 0.3) is 0 Å². The molecule has 0 bridgehead atoms. The number of rotatable bonds is 3. The molecule has 1 aromatic heterocycles. The average molecular weight is 252 g/mol. The fraction of sp³-hybridized carbons (Fsp3) is 0.0714. The second-order valence-corrected chi connectivity index (χ2v) is 3.99. The molecule has 0 saturated carbocycles. The van der Waals surface area contributed by atoms with E-state index < -0.39 is 0 Å². The van der Waals surface area contributed by atoms with E-state index in [0.29, 0.717) is 0 Å². The van der Waals surface area contributed by atoms with E-state index in [1.54, 1.807) is 13.3 Å². The lowest BCUT2D eigenvalue weighted by molar-refractivity contribution is 0.415. The summed E-state index contributed by atoms with van der Waals surface area (Å²) in [6.07, 6.45) is 1.74. The van der Waals surface area contributed by atoms with E-state index in [1.165, 1.54) is 4.79 Å². The summed E-state index contributed by atoms with van der Waals surface area (Å²) in [5, 5.41) is 12.3. The molecule has 0 radical (unpaired) electrons. The van der Waals surface area contributed by atoms with Crippen LogP contribution >= 0.6 is 0 Å². The highest BCUT2D eigenvalue weighted by molar-refractivity contribution is 5.81. The van der Waals surface area contributed by atoms with Crippen molar-refractivity contribution in [3.8, 4) is 5.75 Å². The molecular formula is C14H12N4O. The Hall–Kier alpha value is -2.69. The number of methoxy groups -OCH3 is 1. The Morgan fingerprint density at radius 2 is 1.89 bits per heavy atom. The normalized spacial score (nSPS) is 11.2. The van der Waals surface area contributed by atoms with Crippen molar-refractivity contribution in [2.24, 2.45) is 5.10 Å². The maximum Gasteiger partial charge on any atom is 0.118 e. The van der Waals surface area contributed by atoms with Crippen molar-refractivity contribution in [1.29, 1.82) is 0 Å². The molecule has 19 heavy (non-hydrogen) atoms. The SMILES string of the molecule is COc1ccc(/C=N/n2nnc3ccccc32)cc1. The lowest BCUT2D eigenvalue weighted by atomic mass is 10.2. The zero-order valence-electron chi connectivity index (χ0n) is 10.4. The second-order valence-electron chi connectivity index (χ2n) is 3.99. The van der Waals surface area contributed by atoms with Crippen LogP contribution in [0.1, 0.15) is 5.56 Å². The molecular weight excluding hydrogens is 240 g/mol. The van der Waals surface area contributed by atoms with Gasteiger partial charge in [-0.1, -0.05) is 12.1 Å². The van der Waals surface area contributed by atoms with Crippen LogP contribution in [0.3, 0.4) is 0 Å². The molecule has 0 amide bonds. The topological polar surface area (TPSA) is 52.3 Å². The summed E-state index contributed by atoms with van der Waals surface area (Å²) in [5.41, 5.74) is 2.68. The van der Waals surface area contributed by atoms with Gasteiger partial charge in [-0.3, -0.25) is 0 Å². The lowest BCUT2D eigenvalue weighted by Gasteiger charge is -1.98. The van der Waals surface area contributed by atoms with Crippen LogP contribution in [-0.4, -0.2) is 28.4 Å². The summed E-state index contributed by atoms with van der Waals surface area (Å²) in [7, 11) is 1.64. The smallest absolute Gasteiger partial charge is 0.118 e. The van der Waals surface area contributed by atoms with E-state index in [0.717, 1.165) is 22.3 Å². The Morgan fingerprint density at radius 1 is 1.11 bits per heavy atom. The van der Waals surface area contributed by atoms with Crippen molar-refractivity contribution in [2.45, 2.75) is 0 Å². The Morgan fingerprint density at radius 3 is 2.68 bits per heavy atom.